The number of benzene rings is 3. The zero-order valence-corrected chi connectivity index (χ0v) is 54.7. The van der Waals surface area contributed by atoms with Crippen LogP contribution in [0.4, 0.5) is 0 Å². The highest BCUT2D eigenvalue weighted by atomic mass is 32.2. The molecule has 0 saturated heterocycles. The second-order valence-electron chi connectivity index (χ2n) is 21.4. The van der Waals surface area contributed by atoms with E-state index in [1.54, 1.807) is 33.6 Å². The van der Waals surface area contributed by atoms with E-state index in [2.05, 4.69) is 36.6 Å². The van der Waals surface area contributed by atoms with Gasteiger partial charge in [-0.2, -0.15) is 16.8 Å². The average Bonchev–Trinajstić information content (AvgIpc) is 1.71. The van der Waals surface area contributed by atoms with E-state index in [0.29, 0.717) is 137 Å². The lowest BCUT2D eigenvalue weighted by atomic mass is 10.0. The summed E-state index contributed by atoms with van der Waals surface area (Å²) in [4.78, 5) is 39.6. The number of carbonyl (C=O) groups is 3. The van der Waals surface area contributed by atoms with Crippen molar-refractivity contribution in [3.8, 4) is 46.0 Å². The fraction of sp³-hybridized carbons (Fsp3) is 0.597. The van der Waals surface area contributed by atoms with Gasteiger partial charge in [0.25, 0.3) is 32.1 Å². The fourth-order valence-corrected chi connectivity index (χ4v) is 9.99. The molecule has 2 heterocycles. The van der Waals surface area contributed by atoms with Crippen molar-refractivity contribution in [1.82, 2.24) is 45.9 Å². The molecule has 500 valence electrons. The Labute approximate surface area is 529 Å². The van der Waals surface area contributed by atoms with Crippen LogP contribution in [0.15, 0.2) is 48.8 Å². The van der Waals surface area contributed by atoms with Crippen molar-refractivity contribution in [2.45, 2.75) is 150 Å². The summed E-state index contributed by atoms with van der Waals surface area (Å²) in [5.41, 5.74) is 3.66. The number of ketones is 1. The van der Waals surface area contributed by atoms with E-state index in [4.69, 9.17) is 37.9 Å². The predicted octanol–water partition coefficient (Wildman–Crippen LogP) is 8.14. The van der Waals surface area contributed by atoms with Crippen molar-refractivity contribution in [3.05, 3.63) is 82.4 Å². The first-order valence-electron chi connectivity index (χ1n) is 31.3. The average molecular weight is 1300 g/mol. The van der Waals surface area contributed by atoms with Crippen LogP contribution in [-0.4, -0.2) is 165 Å². The molecular weight excluding hydrogens is 1210 g/mol. The van der Waals surface area contributed by atoms with E-state index in [9.17, 15) is 40.3 Å². The number of aromatic nitrogens is 6. The Kier molecular flexibility index (Phi) is 32.5. The highest BCUT2D eigenvalue weighted by Gasteiger charge is 2.23. The van der Waals surface area contributed by atoms with Gasteiger partial charge in [0.05, 0.1) is 75.7 Å². The van der Waals surface area contributed by atoms with Gasteiger partial charge in [-0.3, -0.25) is 32.9 Å². The summed E-state index contributed by atoms with van der Waals surface area (Å²) in [5.74, 6) is 1.08. The van der Waals surface area contributed by atoms with Gasteiger partial charge in [0.15, 0.2) is 28.8 Å². The van der Waals surface area contributed by atoms with Crippen LogP contribution in [0, 0.1) is 0 Å². The number of ether oxygens (including phenoxy) is 8. The van der Waals surface area contributed by atoms with Gasteiger partial charge in [-0.15, -0.1) is 10.2 Å². The van der Waals surface area contributed by atoms with Crippen LogP contribution < -0.4 is 53.8 Å². The van der Waals surface area contributed by atoms with Gasteiger partial charge in [0, 0.05) is 60.8 Å². The molecule has 3 aromatic carbocycles. The summed E-state index contributed by atoms with van der Waals surface area (Å²) in [5, 5.41) is 26.4. The SMILES string of the molecule is CCCCOc1cc(C(=O)NCCCn2cc(CCCCOc3cc(C(C)=O)cc(OCCCCc4cn(CCCNC(=O)c5cc(OCCC)c(OCC)c(OCCC)c5)nn4)c3CCCNC)nn2)cc(OCCCS(=O)(=O)O)c1OCCCS(=O)(=O)O. The zero-order valence-electron chi connectivity index (χ0n) is 53.1. The lowest BCUT2D eigenvalue weighted by molar-refractivity contribution is 0.0943. The molecule has 0 radical (unpaired) electrons. The standard InChI is InChI=1S/C62H93N9O17S2/c1-7-11-31-86-57-42-49(43-58(87-34-19-36-89(75,76)77)60(57)88-35-20-37-90(78,79)80)62(74)65-26-18-28-71-45-51(67-69-71)22-13-15-33-85-54-39-47(46(5)72)38-53(52(54)23-16-24-63-6)84-32-14-12-21-50-44-70(68-66-50)27-17-25-64-61(73)48-40-55(82-29-8-2)59(81-10-4)56(41-48)83-30-9-3/h38-45,63H,7-37H2,1-6H3,(H,64,73)(H,65,74)(H,75,76,77)(H,78,79,80). The van der Waals surface area contributed by atoms with Gasteiger partial charge in [-0.05, 0) is 160 Å². The third kappa shape index (κ3) is 27.1. The summed E-state index contributed by atoms with van der Waals surface area (Å²) in [6, 6.07) is 9.89. The molecule has 0 aliphatic rings. The Morgan fingerprint density at radius 2 is 0.878 bits per heavy atom. The van der Waals surface area contributed by atoms with Gasteiger partial charge < -0.3 is 53.8 Å². The molecule has 5 aromatic rings. The largest absolute Gasteiger partial charge is 0.493 e. The Morgan fingerprint density at radius 3 is 1.30 bits per heavy atom. The summed E-state index contributed by atoms with van der Waals surface area (Å²) in [6.45, 7) is 14.1. The van der Waals surface area contributed by atoms with Crippen LogP contribution in [0.5, 0.6) is 46.0 Å². The van der Waals surface area contributed by atoms with Gasteiger partial charge in [0.1, 0.15) is 11.5 Å². The van der Waals surface area contributed by atoms with Crippen molar-refractivity contribution in [2.75, 3.05) is 91.0 Å². The molecule has 5 rings (SSSR count). The molecule has 2 amide bonds. The molecular formula is C62H93N9O17S2. The second kappa shape index (κ2) is 39.8. The Balaban J connectivity index is 1.07. The molecule has 0 unspecified atom stereocenters. The summed E-state index contributed by atoms with van der Waals surface area (Å²) >= 11 is 0. The van der Waals surface area contributed by atoms with Crippen molar-refractivity contribution in [1.29, 1.82) is 0 Å². The number of rotatable bonds is 49. The number of amides is 2. The first-order valence-corrected chi connectivity index (χ1v) is 34.5. The van der Waals surface area contributed by atoms with Crippen molar-refractivity contribution in [2.24, 2.45) is 0 Å². The molecule has 0 fully saturated rings. The third-order valence-corrected chi connectivity index (χ3v) is 15.2. The number of Topliss-reactive ketones (excluding diaryl/α,β-unsaturated/α-hetero) is 1. The van der Waals surface area contributed by atoms with Crippen LogP contribution in [0.2, 0.25) is 0 Å². The minimum absolute atomic E-state index is 0.0433. The number of unbranched alkanes of at least 4 members (excludes halogenated alkanes) is 3. The number of nitrogens with zero attached hydrogens (tertiary/aromatic N) is 6. The van der Waals surface area contributed by atoms with Crippen molar-refractivity contribution in [3.63, 3.8) is 0 Å². The van der Waals surface area contributed by atoms with Crippen LogP contribution in [0.3, 0.4) is 0 Å². The molecule has 28 heteroatoms. The molecule has 0 aliphatic heterocycles. The molecule has 5 N–H and O–H groups in total. The molecule has 0 bridgehead atoms. The van der Waals surface area contributed by atoms with Crippen LogP contribution >= 0.6 is 0 Å². The predicted molar refractivity (Wildman–Crippen MR) is 339 cm³/mol. The highest BCUT2D eigenvalue weighted by Crippen LogP contribution is 2.41. The quantitative estimate of drug-likeness (QED) is 0.0139. The Hall–Kier alpha value is -7.27. The lowest BCUT2D eigenvalue weighted by Gasteiger charge is -2.18. The number of carbonyl (C=O) groups excluding carboxylic acids is 3. The Morgan fingerprint density at radius 1 is 0.467 bits per heavy atom. The van der Waals surface area contributed by atoms with Crippen molar-refractivity contribution >= 4 is 37.8 Å². The maximum Gasteiger partial charge on any atom is 0.264 e. The minimum Gasteiger partial charge on any atom is -0.493 e. The number of nitrogens with one attached hydrogen (secondary N) is 3. The number of hydrogen-bond donors (Lipinski definition) is 5. The van der Waals surface area contributed by atoms with E-state index in [0.717, 1.165) is 68.4 Å². The van der Waals surface area contributed by atoms with Gasteiger partial charge >= 0.3 is 0 Å². The van der Waals surface area contributed by atoms with E-state index in [1.807, 2.05) is 47.1 Å². The first kappa shape index (κ1) is 73.5. The van der Waals surface area contributed by atoms with E-state index >= 15 is 0 Å². The van der Waals surface area contributed by atoms with E-state index in [1.165, 1.54) is 19.1 Å². The molecule has 0 saturated carbocycles. The van der Waals surface area contributed by atoms with Crippen LogP contribution in [0.1, 0.15) is 166 Å². The fourth-order valence-electron chi connectivity index (χ4n) is 9.03. The molecule has 2 aromatic heterocycles. The zero-order chi connectivity index (χ0) is 65.2. The van der Waals surface area contributed by atoms with E-state index in [-0.39, 0.29) is 73.7 Å². The lowest BCUT2D eigenvalue weighted by Crippen LogP contribution is -2.25. The normalized spacial score (nSPS) is 11.5. The highest BCUT2D eigenvalue weighted by molar-refractivity contribution is 7.86. The maximum atomic E-state index is 13.5. The number of aryl methyl sites for hydroxylation is 4. The monoisotopic (exact) mass is 1300 g/mol. The molecule has 0 atom stereocenters. The summed E-state index contributed by atoms with van der Waals surface area (Å²) in [7, 11) is -6.60. The molecule has 90 heavy (non-hydrogen) atoms. The Bertz CT molecular complexity index is 3200. The number of hydrogen-bond acceptors (Lipinski definition) is 20. The van der Waals surface area contributed by atoms with Crippen molar-refractivity contribution < 1.29 is 78.2 Å². The third-order valence-electron chi connectivity index (χ3n) is 13.6. The summed E-state index contributed by atoms with van der Waals surface area (Å²) < 4.78 is 115. The van der Waals surface area contributed by atoms with E-state index < -0.39 is 37.6 Å². The van der Waals surface area contributed by atoms with Crippen LogP contribution in [-0.2, 0) is 52.6 Å². The smallest absolute Gasteiger partial charge is 0.264 e. The molecule has 0 aliphatic carbocycles. The van der Waals surface area contributed by atoms with Gasteiger partial charge in [0.2, 0.25) is 11.5 Å². The molecule has 26 nitrogen and oxygen atoms in total. The van der Waals surface area contributed by atoms with Crippen LogP contribution in [0.25, 0.3) is 0 Å². The topological polar surface area (TPSA) is 331 Å². The van der Waals surface area contributed by atoms with Gasteiger partial charge in [-0.25, -0.2) is 0 Å². The minimum atomic E-state index is -4.26. The summed E-state index contributed by atoms with van der Waals surface area (Å²) in [6.07, 6.45) is 13.7. The second-order valence-corrected chi connectivity index (χ2v) is 24.5. The molecule has 0 spiro atoms. The first-order chi connectivity index (χ1) is 43.3. The maximum absolute atomic E-state index is 13.5. The van der Waals surface area contributed by atoms with Gasteiger partial charge in [-0.1, -0.05) is 37.6 Å².